The van der Waals surface area contributed by atoms with Crippen LogP contribution in [-0.2, 0) is 10.0 Å². The number of anilines is 1. The molecule has 3 rings (SSSR count). The van der Waals surface area contributed by atoms with Crippen LogP contribution in [0.3, 0.4) is 0 Å². The molecule has 1 fully saturated rings. The third-order valence-electron chi connectivity index (χ3n) is 3.90. The van der Waals surface area contributed by atoms with Crippen LogP contribution in [0.25, 0.3) is 0 Å². The Hall–Kier alpha value is -1.41. The molecule has 1 aliphatic heterocycles. The summed E-state index contributed by atoms with van der Waals surface area (Å²) < 4.78 is 27.2. The number of aryl methyl sites for hydroxylation is 1. The second-order valence-corrected chi connectivity index (χ2v) is 8.19. The highest BCUT2D eigenvalue weighted by atomic mass is 35.5. The third-order valence-corrected chi connectivity index (χ3v) is 6.68. The maximum absolute atomic E-state index is 12.9. The number of sulfonamides is 1. The van der Waals surface area contributed by atoms with Gasteiger partial charge in [0.25, 0.3) is 0 Å². The number of hydrogen-bond donors (Lipinski definition) is 0. The van der Waals surface area contributed by atoms with E-state index >= 15 is 0 Å². The largest absolute Gasteiger partial charge is 0.338 e. The molecule has 0 atom stereocenters. The highest BCUT2D eigenvalue weighted by Gasteiger charge is 2.31. The van der Waals surface area contributed by atoms with Crippen LogP contribution >= 0.6 is 23.2 Å². The van der Waals surface area contributed by atoms with Crippen LogP contribution in [0.1, 0.15) is 5.56 Å². The van der Waals surface area contributed by atoms with E-state index in [-0.39, 0.29) is 9.92 Å². The van der Waals surface area contributed by atoms with Gasteiger partial charge in [-0.15, -0.1) is 0 Å². The van der Waals surface area contributed by atoms with E-state index < -0.39 is 10.0 Å². The first-order chi connectivity index (χ1) is 11.4. The van der Waals surface area contributed by atoms with Crippen molar-refractivity contribution >= 4 is 39.2 Å². The molecule has 1 saturated heterocycles. The maximum atomic E-state index is 12.9. The first-order valence-electron chi connectivity index (χ1n) is 7.37. The van der Waals surface area contributed by atoms with Crippen molar-refractivity contribution in [1.82, 2.24) is 14.3 Å². The van der Waals surface area contributed by atoms with Gasteiger partial charge in [-0.05, 0) is 30.7 Å². The highest BCUT2D eigenvalue weighted by molar-refractivity contribution is 7.89. The molecule has 6 nitrogen and oxygen atoms in total. The van der Waals surface area contributed by atoms with Gasteiger partial charge in [-0.1, -0.05) is 23.2 Å². The standard InChI is InChI=1S/C15H16Cl2N4O2S/c1-11-9-14(13(17)10-12(11)16)24(22,23)21-7-5-20(6-8-21)15-18-3-2-4-19-15/h2-4,9-10H,5-8H2,1H3. The number of piperazine rings is 1. The fourth-order valence-electron chi connectivity index (χ4n) is 2.55. The fraction of sp³-hybridized carbons (Fsp3) is 0.333. The second kappa shape index (κ2) is 6.84. The topological polar surface area (TPSA) is 66.4 Å². The molecule has 0 radical (unpaired) electrons. The molecule has 0 spiro atoms. The van der Waals surface area contributed by atoms with E-state index in [2.05, 4.69) is 9.97 Å². The lowest BCUT2D eigenvalue weighted by Crippen LogP contribution is -2.49. The number of aromatic nitrogens is 2. The lowest BCUT2D eigenvalue weighted by molar-refractivity contribution is 0.382. The lowest BCUT2D eigenvalue weighted by Gasteiger charge is -2.34. The molecule has 9 heteroatoms. The Morgan fingerprint density at radius 2 is 1.62 bits per heavy atom. The van der Waals surface area contributed by atoms with Gasteiger partial charge in [-0.2, -0.15) is 4.31 Å². The molecule has 0 N–H and O–H groups in total. The SMILES string of the molecule is Cc1cc(S(=O)(=O)N2CCN(c3ncccn3)CC2)c(Cl)cc1Cl. The third kappa shape index (κ3) is 3.35. The maximum Gasteiger partial charge on any atom is 0.244 e. The molecule has 1 aliphatic rings. The van der Waals surface area contributed by atoms with Crippen LogP contribution in [0.4, 0.5) is 5.95 Å². The van der Waals surface area contributed by atoms with E-state index in [0.29, 0.717) is 42.7 Å². The molecule has 128 valence electrons. The Balaban J connectivity index is 1.79. The molecule has 0 saturated carbocycles. The van der Waals surface area contributed by atoms with Crippen LogP contribution in [0.2, 0.25) is 10.0 Å². The number of nitrogens with zero attached hydrogens (tertiary/aromatic N) is 4. The van der Waals surface area contributed by atoms with Crippen LogP contribution < -0.4 is 4.90 Å². The molecule has 0 aliphatic carbocycles. The summed E-state index contributed by atoms with van der Waals surface area (Å²) in [7, 11) is -3.66. The zero-order valence-electron chi connectivity index (χ0n) is 13.0. The van der Waals surface area contributed by atoms with Gasteiger partial charge < -0.3 is 4.90 Å². The predicted octanol–water partition coefficient (Wildman–Crippen LogP) is 2.60. The Kier molecular flexibility index (Phi) is 4.96. The summed E-state index contributed by atoms with van der Waals surface area (Å²) in [5, 5.41) is 0.587. The minimum absolute atomic E-state index is 0.0930. The number of halogens is 2. The van der Waals surface area contributed by atoms with Gasteiger partial charge in [0.2, 0.25) is 16.0 Å². The number of benzene rings is 1. The first-order valence-corrected chi connectivity index (χ1v) is 9.57. The minimum atomic E-state index is -3.66. The van der Waals surface area contributed by atoms with Crippen molar-refractivity contribution in [3.8, 4) is 0 Å². The molecule has 1 aromatic carbocycles. The van der Waals surface area contributed by atoms with E-state index in [9.17, 15) is 8.42 Å². The van der Waals surface area contributed by atoms with Gasteiger partial charge >= 0.3 is 0 Å². The van der Waals surface area contributed by atoms with Gasteiger partial charge in [-0.3, -0.25) is 0 Å². The fourth-order valence-corrected chi connectivity index (χ4v) is 4.78. The van der Waals surface area contributed by atoms with E-state index in [1.54, 1.807) is 25.4 Å². The van der Waals surface area contributed by atoms with Crippen LogP contribution in [0, 0.1) is 6.92 Å². The molecule has 2 aromatic rings. The summed E-state index contributed by atoms with van der Waals surface area (Å²) in [5.41, 5.74) is 0.677. The quantitative estimate of drug-likeness (QED) is 0.810. The van der Waals surface area contributed by atoms with Crippen LogP contribution in [0.5, 0.6) is 0 Å². The monoisotopic (exact) mass is 386 g/mol. The Bertz CT molecular complexity index is 838. The van der Waals surface area contributed by atoms with E-state index in [4.69, 9.17) is 23.2 Å². The summed E-state index contributed by atoms with van der Waals surface area (Å²) in [5.74, 6) is 0.606. The summed E-state index contributed by atoms with van der Waals surface area (Å²) in [6.07, 6.45) is 3.34. The van der Waals surface area contributed by atoms with Gasteiger partial charge in [0.1, 0.15) is 4.90 Å². The lowest BCUT2D eigenvalue weighted by atomic mass is 10.2. The molecule has 0 amide bonds. The van der Waals surface area contributed by atoms with E-state index in [1.807, 2.05) is 4.90 Å². The van der Waals surface area contributed by atoms with Crippen molar-refractivity contribution in [2.45, 2.75) is 11.8 Å². The van der Waals surface area contributed by atoms with Crippen molar-refractivity contribution in [1.29, 1.82) is 0 Å². The molecule has 0 unspecified atom stereocenters. The summed E-state index contributed by atoms with van der Waals surface area (Å²) in [6, 6.07) is 4.74. The molecular weight excluding hydrogens is 371 g/mol. The summed E-state index contributed by atoms with van der Waals surface area (Å²) >= 11 is 12.1. The average molecular weight is 387 g/mol. The average Bonchev–Trinajstić information content (AvgIpc) is 2.59. The number of rotatable bonds is 3. The van der Waals surface area contributed by atoms with Crippen molar-refractivity contribution in [2.75, 3.05) is 31.1 Å². The van der Waals surface area contributed by atoms with Gasteiger partial charge in [0, 0.05) is 43.6 Å². The van der Waals surface area contributed by atoms with Crippen LogP contribution in [0.15, 0.2) is 35.5 Å². The molecule has 0 bridgehead atoms. The summed E-state index contributed by atoms with van der Waals surface area (Å²) in [4.78, 5) is 10.4. The Morgan fingerprint density at radius 1 is 1.00 bits per heavy atom. The smallest absolute Gasteiger partial charge is 0.244 e. The normalized spacial score (nSPS) is 16.4. The Labute approximate surface area is 151 Å². The zero-order valence-corrected chi connectivity index (χ0v) is 15.3. The molecule has 1 aromatic heterocycles. The molecular formula is C15H16Cl2N4O2S. The van der Waals surface area contributed by atoms with E-state index in [1.165, 1.54) is 16.4 Å². The minimum Gasteiger partial charge on any atom is -0.338 e. The second-order valence-electron chi connectivity index (χ2n) is 5.47. The first kappa shape index (κ1) is 17.4. The van der Waals surface area contributed by atoms with Crippen molar-refractivity contribution < 1.29 is 8.42 Å². The molecule has 24 heavy (non-hydrogen) atoms. The van der Waals surface area contributed by atoms with Gasteiger partial charge in [-0.25, -0.2) is 18.4 Å². The Morgan fingerprint density at radius 3 is 2.25 bits per heavy atom. The van der Waals surface area contributed by atoms with Crippen LogP contribution in [-0.4, -0.2) is 48.9 Å². The summed E-state index contributed by atoms with van der Waals surface area (Å²) in [6.45, 7) is 3.49. The highest BCUT2D eigenvalue weighted by Crippen LogP contribution is 2.30. The van der Waals surface area contributed by atoms with Crippen molar-refractivity contribution in [3.05, 3.63) is 46.2 Å². The number of hydrogen-bond acceptors (Lipinski definition) is 5. The zero-order chi connectivity index (χ0) is 17.3. The molecule has 2 heterocycles. The van der Waals surface area contributed by atoms with Gasteiger partial charge in [0.05, 0.1) is 5.02 Å². The van der Waals surface area contributed by atoms with Gasteiger partial charge in [0.15, 0.2) is 0 Å². The predicted molar refractivity (Wildman–Crippen MR) is 94.2 cm³/mol. The van der Waals surface area contributed by atoms with E-state index in [0.717, 1.165) is 0 Å². The van der Waals surface area contributed by atoms with Crippen molar-refractivity contribution in [2.24, 2.45) is 0 Å². The van der Waals surface area contributed by atoms with Crippen molar-refractivity contribution in [3.63, 3.8) is 0 Å².